The first kappa shape index (κ1) is 14.8. The second-order valence-electron chi connectivity index (χ2n) is 4.11. The van der Waals surface area contributed by atoms with Crippen LogP contribution in [0.4, 0.5) is 0 Å². The van der Waals surface area contributed by atoms with Crippen LogP contribution in [0.1, 0.15) is 23.0 Å². The van der Waals surface area contributed by atoms with E-state index in [9.17, 15) is 4.79 Å². The lowest BCUT2D eigenvalue weighted by Crippen LogP contribution is -2.31. The Balaban J connectivity index is 2.21. The maximum Gasteiger partial charge on any atom is 0.257 e. The van der Waals surface area contributed by atoms with E-state index in [-0.39, 0.29) is 16.2 Å². The Hall–Kier alpha value is -1.65. The van der Waals surface area contributed by atoms with Gasteiger partial charge in [0, 0.05) is 12.7 Å². The Morgan fingerprint density at radius 1 is 1.25 bits per heavy atom. The molecule has 0 aliphatic rings. The predicted octanol–water partition coefficient (Wildman–Crippen LogP) is 3.45. The van der Waals surface area contributed by atoms with Gasteiger partial charge in [-0.15, -0.1) is 0 Å². The summed E-state index contributed by atoms with van der Waals surface area (Å²) in [5.74, 6) is -0.188. The molecule has 0 aliphatic carbocycles. The van der Waals surface area contributed by atoms with E-state index in [1.54, 1.807) is 23.2 Å². The second-order valence-corrected chi connectivity index (χ2v) is 4.86. The highest BCUT2D eigenvalue weighted by Crippen LogP contribution is 2.19. The van der Waals surface area contributed by atoms with Crippen LogP contribution < -0.4 is 0 Å². The SMILES string of the molecule is CCN(Cc1ccccn1)C(=O)c1ccc(Cl)nc1Cl. The van der Waals surface area contributed by atoms with Gasteiger partial charge in [0.1, 0.15) is 10.3 Å². The number of nitrogens with zero attached hydrogens (tertiary/aromatic N) is 3. The Bertz CT molecular complexity index is 605. The largest absolute Gasteiger partial charge is 0.333 e. The first-order valence-corrected chi connectivity index (χ1v) is 6.88. The lowest BCUT2D eigenvalue weighted by molar-refractivity contribution is 0.0750. The summed E-state index contributed by atoms with van der Waals surface area (Å²) in [7, 11) is 0. The highest BCUT2D eigenvalue weighted by Gasteiger charge is 2.18. The molecule has 104 valence electrons. The molecule has 2 aromatic heterocycles. The predicted molar refractivity (Wildman–Crippen MR) is 78.9 cm³/mol. The molecule has 0 saturated carbocycles. The zero-order valence-corrected chi connectivity index (χ0v) is 12.4. The molecule has 20 heavy (non-hydrogen) atoms. The molecule has 0 saturated heterocycles. The quantitative estimate of drug-likeness (QED) is 0.813. The van der Waals surface area contributed by atoms with E-state index in [4.69, 9.17) is 23.2 Å². The Morgan fingerprint density at radius 2 is 2.05 bits per heavy atom. The fraction of sp³-hybridized carbons (Fsp3) is 0.214. The standard InChI is InChI=1S/C14H13Cl2N3O/c1-2-19(9-10-5-3-4-8-17-10)14(20)11-6-7-12(15)18-13(11)16/h3-8H,2,9H2,1H3. The minimum Gasteiger partial charge on any atom is -0.333 e. The van der Waals surface area contributed by atoms with Gasteiger partial charge in [0.05, 0.1) is 17.8 Å². The van der Waals surface area contributed by atoms with Crippen LogP contribution in [0.3, 0.4) is 0 Å². The minimum atomic E-state index is -0.188. The maximum atomic E-state index is 12.4. The third-order valence-electron chi connectivity index (χ3n) is 2.79. The third-order valence-corrected chi connectivity index (χ3v) is 3.29. The number of carbonyl (C=O) groups excluding carboxylic acids is 1. The smallest absolute Gasteiger partial charge is 0.257 e. The molecule has 0 unspecified atom stereocenters. The van der Waals surface area contributed by atoms with Gasteiger partial charge in [-0.05, 0) is 31.2 Å². The van der Waals surface area contributed by atoms with E-state index < -0.39 is 0 Å². The molecule has 6 heteroatoms. The maximum absolute atomic E-state index is 12.4. The van der Waals surface area contributed by atoms with Gasteiger partial charge in [-0.25, -0.2) is 4.98 Å². The topological polar surface area (TPSA) is 46.1 Å². The fourth-order valence-electron chi connectivity index (χ4n) is 1.76. The van der Waals surface area contributed by atoms with Crippen LogP contribution >= 0.6 is 23.2 Å². The molecule has 1 amide bonds. The summed E-state index contributed by atoms with van der Waals surface area (Å²) in [6.07, 6.45) is 1.70. The average molecular weight is 310 g/mol. The van der Waals surface area contributed by atoms with Crippen molar-refractivity contribution in [3.05, 3.63) is 58.1 Å². The highest BCUT2D eigenvalue weighted by molar-refractivity contribution is 6.34. The van der Waals surface area contributed by atoms with Crippen molar-refractivity contribution in [2.45, 2.75) is 13.5 Å². The molecule has 0 radical (unpaired) electrons. The van der Waals surface area contributed by atoms with Crippen molar-refractivity contribution in [2.75, 3.05) is 6.54 Å². The van der Waals surface area contributed by atoms with Crippen LogP contribution in [0.25, 0.3) is 0 Å². The van der Waals surface area contributed by atoms with Gasteiger partial charge in [0.25, 0.3) is 5.91 Å². The van der Waals surface area contributed by atoms with Gasteiger partial charge in [-0.1, -0.05) is 29.3 Å². The van der Waals surface area contributed by atoms with Crippen LogP contribution in [0.15, 0.2) is 36.5 Å². The summed E-state index contributed by atoms with van der Waals surface area (Å²) < 4.78 is 0. The molecule has 0 N–H and O–H groups in total. The van der Waals surface area contributed by atoms with Crippen molar-refractivity contribution in [2.24, 2.45) is 0 Å². The summed E-state index contributed by atoms with van der Waals surface area (Å²) in [6.45, 7) is 2.88. The van der Waals surface area contributed by atoms with Crippen LogP contribution in [0.2, 0.25) is 10.3 Å². The van der Waals surface area contributed by atoms with Crippen molar-refractivity contribution in [3.63, 3.8) is 0 Å². The molecular weight excluding hydrogens is 297 g/mol. The molecule has 2 heterocycles. The number of hydrogen-bond acceptors (Lipinski definition) is 3. The number of amides is 1. The number of pyridine rings is 2. The first-order chi connectivity index (χ1) is 9.61. The van der Waals surface area contributed by atoms with Crippen molar-refractivity contribution in [3.8, 4) is 0 Å². The highest BCUT2D eigenvalue weighted by atomic mass is 35.5. The summed E-state index contributed by atoms with van der Waals surface area (Å²) in [5, 5.41) is 0.376. The van der Waals surface area contributed by atoms with E-state index >= 15 is 0 Å². The fourth-order valence-corrected chi connectivity index (χ4v) is 2.18. The molecule has 0 bridgehead atoms. The van der Waals surface area contributed by atoms with Gasteiger partial charge >= 0.3 is 0 Å². The van der Waals surface area contributed by atoms with Crippen LogP contribution in [0.5, 0.6) is 0 Å². The molecular formula is C14H13Cl2N3O. The van der Waals surface area contributed by atoms with Crippen LogP contribution in [-0.2, 0) is 6.54 Å². The van der Waals surface area contributed by atoms with E-state index in [1.165, 1.54) is 0 Å². The second kappa shape index (κ2) is 6.68. The van der Waals surface area contributed by atoms with Crippen molar-refractivity contribution < 1.29 is 4.79 Å². The van der Waals surface area contributed by atoms with Gasteiger partial charge in [-0.3, -0.25) is 9.78 Å². The summed E-state index contributed by atoms with van der Waals surface area (Å²) >= 11 is 11.7. The molecule has 0 spiro atoms. The number of carbonyl (C=O) groups is 1. The summed E-state index contributed by atoms with van der Waals surface area (Å²) in [4.78, 5) is 22.2. The number of hydrogen-bond donors (Lipinski definition) is 0. The van der Waals surface area contributed by atoms with E-state index in [0.717, 1.165) is 5.69 Å². The normalized spacial score (nSPS) is 10.3. The third kappa shape index (κ3) is 3.46. The number of halogens is 2. The molecule has 0 fully saturated rings. The molecule has 0 atom stereocenters. The van der Waals surface area contributed by atoms with Gasteiger partial charge in [0.15, 0.2) is 0 Å². The Labute approximate surface area is 127 Å². The van der Waals surface area contributed by atoms with E-state index in [2.05, 4.69) is 9.97 Å². The average Bonchev–Trinajstić information content (AvgIpc) is 2.45. The van der Waals surface area contributed by atoms with Crippen LogP contribution in [-0.4, -0.2) is 27.3 Å². The first-order valence-electron chi connectivity index (χ1n) is 6.13. The molecule has 0 aromatic carbocycles. The van der Waals surface area contributed by atoms with Gasteiger partial charge in [0.2, 0.25) is 0 Å². The summed E-state index contributed by atoms with van der Waals surface area (Å²) in [6, 6.07) is 8.73. The number of rotatable bonds is 4. The number of aromatic nitrogens is 2. The monoisotopic (exact) mass is 309 g/mol. The molecule has 0 aliphatic heterocycles. The minimum absolute atomic E-state index is 0.113. The lowest BCUT2D eigenvalue weighted by Gasteiger charge is -2.20. The van der Waals surface area contributed by atoms with Gasteiger partial charge in [-0.2, -0.15) is 0 Å². The lowest BCUT2D eigenvalue weighted by atomic mass is 10.2. The summed E-state index contributed by atoms with van der Waals surface area (Å²) in [5.41, 5.74) is 1.16. The van der Waals surface area contributed by atoms with Crippen molar-refractivity contribution >= 4 is 29.1 Å². The Kier molecular flexibility index (Phi) is 4.93. The van der Waals surface area contributed by atoms with E-state index in [0.29, 0.717) is 18.7 Å². The van der Waals surface area contributed by atoms with Crippen molar-refractivity contribution in [1.82, 2.24) is 14.9 Å². The molecule has 2 aromatic rings. The zero-order chi connectivity index (χ0) is 14.5. The van der Waals surface area contributed by atoms with Gasteiger partial charge < -0.3 is 4.90 Å². The zero-order valence-electron chi connectivity index (χ0n) is 10.9. The molecule has 4 nitrogen and oxygen atoms in total. The van der Waals surface area contributed by atoms with E-state index in [1.807, 2.05) is 25.1 Å². The molecule has 2 rings (SSSR count). The Morgan fingerprint density at radius 3 is 2.65 bits per heavy atom. The van der Waals surface area contributed by atoms with Crippen LogP contribution in [0, 0.1) is 0 Å². The van der Waals surface area contributed by atoms with Crippen molar-refractivity contribution in [1.29, 1.82) is 0 Å².